The summed E-state index contributed by atoms with van der Waals surface area (Å²) in [5.41, 5.74) is 3.16. The molecule has 1 saturated heterocycles. The van der Waals surface area contributed by atoms with Gasteiger partial charge in [0.15, 0.2) is 0 Å². The van der Waals surface area contributed by atoms with Gasteiger partial charge >= 0.3 is 0 Å². The van der Waals surface area contributed by atoms with Crippen LogP contribution in [0.4, 0.5) is 5.69 Å². The van der Waals surface area contributed by atoms with Crippen molar-refractivity contribution >= 4 is 51.4 Å². The first-order valence-corrected chi connectivity index (χ1v) is 8.93. The van der Waals surface area contributed by atoms with Crippen LogP contribution in [0, 0.1) is 0 Å². The molecule has 0 spiro atoms. The molecular formula is C18H15N2O3S2-. The third kappa shape index (κ3) is 3.52. The molecule has 0 atom stereocenters. The number of benzene rings is 1. The number of amides is 1. The van der Waals surface area contributed by atoms with Gasteiger partial charge < -0.3 is 14.8 Å². The molecule has 0 saturated carbocycles. The van der Waals surface area contributed by atoms with E-state index < -0.39 is 18.4 Å². The lowest BCUT2D eigenvalue weighted by atomic mass is 9.99. The second kappa shape index (κ2) is 7.25. The Balaban J connectivity index is 1.89. The molecule has 2 heterocycles. The van der Waals surface area contributed by atoms with Gasteiger partial charge in [0.2, 0.25) is 0 Å². The number of aliphatic carboxylic acids is 1. The van der Waals surface area contributed by atoms with Crippen molar-refractivity contribution in [3.05, 3.63) is 59.2 Å². The number of para-hydroxylation sites is 1. The molecule has 0 bridgehead atoms. The highest BCUT2D eigenvalue weighted by atomic mass is 32.2. The first-order valence-electron chi connectivity index (χ1n) is 7.71. The van der Waals surface area contributed by atoms with Crippen molar-refractivity contribution in [2.75, 3.05) is 18.0 Å². The van der Waals surface area contributed by atoms with Gasteiger partial charge in [-0.2, -0.15) is 0 Å². The fourth-order valence-corrected chi connectivity index (χ4v) is 3.87. The van der Waals surface area contributed by atoms with Gasteiger partial charge in [-0.25, -0.2) is 0 Å². The number of fused-ring (bicyclic) bond motifs is 1. The standard InChI is InChI=1S/C18H16N2O3S2/c1-2-19-10-9-12(13-5-3-4-6-14(13)19)7-8-15-17(23)20(11-16(21)22)18(24)25-15/h3-10H,2,11H2,1H3,(H,21,22)/p-1/b12-7+,15-8+. The molecule has 25 heavy (non-hydrogen) atoms. The van der Waals surface area contributed by atoms with Crippen LogP contribution >= 0.6 is 24.0 Å². The highest BCUT2D eigenvalue weighted by Gasteiger charge is 2.31. The monoisotopic (exact) mass is 371 g/mol. The van der Waals surface area contributed by atoms with Gasteiger partial charge in [-0.3, -0.25) is 9.69 Å². The Bertz CT molecular complexity index is 842. The number of allylic oxidation sites excluding steroid dienone is 4. The predicted octanol–water partition coefficient (Wildman–Crippen LogP) is 1.92. The van der Waals surface area contributed by atoms with Crippen LogP contribution in [-0.2, 0) is 9.59 Å². The Morgan fingerprint density at radius 2 is 2.08 bits per heavy atom. The summed E-state index contributed by atoms with van der Waals surface area (Å²) < 4.78 is 0.232. The molecule has 5 nitrogen and oxygen atoms in total. The number of carbonyl (C=O) groups is 2. The average Bonchev–Trinajstić information content (AvgIpc) is 2.86. The number of hydrogen-bond acceptors (Lipinski definition) is 6. The molecule has 0 unspecified atom stereocenters. The van der Waals surface area contributed by atoms with E-state index in [0.29, 0.717) is 4.91 Å². The zero-order valence-corrected chi connectivity index (χ0v) is 15.1. The summed E-state index contributed by atoms with van der Waals surface area (Å²) in [5.74, 6) is -1.74. The average molecular weight is 371 g/mol. The van der Waals surface area contributed by atoms with Crippen LogP contribution in [0.15, 0.2) is 53.6 Å². The molecule has 128 valence electrons. The fourth-order valence-electron chi connectivity index (χ4n) is 2.67. The highest BCUT2D eigenvalue weighted by molar-refractivity contribution is 8.26. The first kappa shape index (κ1) is 17.4. The molecule has 3 rings (SSSR count). The zero-order valence-electron chi connectivity index (χ0n) is 13.5. The summed E-state index contributed by atoms with van der Waals surface area (Å²) in [6.07, 6.45) is 7.54. The van der Waals surface area contributed by atoms with E-state index in [9.17, 15) is 14.7 Å². The topological polar surface area (TPSA) is 63.7 Å². The number of carboxylic acids is 1. The van der Waals surface area contributed by atoms with Crippen LogP contribution in [0.25, 0.3) is 5.57 Å². The number of hydrogen-bond donors (Lipinski definition) is 0. The Kier molecular flexibility index (Phi) is 5.06. The maximum absolute atomic E-state index is 12.3. The van der Waals surface area contributed by atoms with Gasteiger partial charge in [-0.15, -0.1) is 0 Å². The molecule has 1 amide bonds. The summed E-state index contributed by atoms with van der Waals surface area (Å²) in [6, 6.07) is 8.04. The normalized spacial score (nSPS) is 19.9. The maximum atomic E-state index is 12.3. The number of nitrogens with zero attached hydrogens (tertiary/aromatic N) is 2. The number of carbonyl (C=O) groups excluding carboxylic acids is 2. The number of carboxylic acid groups (broad SMARTS) is 1. The van der Waals surface area contributed by atoms with Gasteiger partial charge in [-0.05, 0) is 30.7 Å². The van der Waals surface area contributed by atoms with E-state index in [1.54, 1.807) is 6.08 Å². The van der Waals surface area contributed by atoms with Crippen LogP contribution in [-0.4, -0.2) is 34.2 Å². The first-order chi connectivity index (χ1) is 12.0. The van der Waals surface area contributed by atoms with Gasteiger partial charge in [0.1, 0.15) is 4.32 Å². The molecule has 0 radical (unpaired) electrons. The molecule has 2 aliphatic heterocycles. The van der Waals surface area contributed by atoms with Gasteiger partial charge in [0.05, 0.1) is 17.4 Å². The Morgan fingerprint density at radius 3 is 2.80 bits per heavy atom. The number of rotatable bonds is 4. The predicted molar refractivity (Wildman–Crippen MR) is 102 cm³/mol. The van der Waals surface area contributed by atoms with Crippen LogP contribution < -0.4 is 10.0 Å². The third-order valence-electron chi connectivity index (χ3n) is 3.87. The number of thioether (sulfide) groups is 1. The molecule has 0 N–H and O–H groups in total. The summed E-state index contributed by atoms with van der Waals surface area (Å²) >= 11 is 6.17. The molecule has 0 aromatic heterocycles. The summed E-state index contributed by atoms with van der Waals surface area (Å²) in [6.45, 7) is 2.42. The van der Waals surface area contributed by atoms with Crippen molar-refractivity contribution in [2.24, 2.45) is 0 Å². The smallest absolute Gasteiger partial charge is 0.266 e. The molecule has 2 aliphatic rings. The molecule has 1 aromatic rings. The molecule has 1 aromatic carbocycles. The van der Waals surface area contributed by atoms with E-state index in [2.05, 4.69) is 17.9 Å². The van der Waals surface area contributed by atoms with Crippen LogP contribution in [0.5, 0.6) is 0 Å². The van der Waals surface area contributed by atoms with Crippen molar-refractivity contribution < 1.29 is 14.7 Å². The van der Waals surface area contributed by atoms with Gasteiger partial charge in [0.25, 0.3) is 5.91 Å². The van der Waals surface area contributed by atoms with Crippen LogP contribution in [0.2, 0.25) is 0 Å². The molecular weight excluding hydrogens is 356 g/mol. The minimum Gasteiger partial charge on any atom is -0.548 e. The molecule has 1 fully saturated rings. The second-order valence-corrected chi connectivity index (χ2v) is 7.08. The number of thiocarbonyl (C=S) groups is 1. The largest absolute Gasteiger partial charge is 0.548 e. The zero-order chi connectivity index (χ0) is 18.0. The Morgan fingerprint density at radius 1 is 1.32 bits per heavy atom. The lowest BCUT2D eigenvalue weighted by Crippen LogP contribution is -2.40. The van der Waals surface area contributed by atoms with Crippen molar-refractivity contribution in [1.29, 1.82) is 0 Å². The van der Waals surface area contributed by atoms with Gasteiger partial charge in [-0.1, -0.05) is 48.3 Å². The maximum Gasteiger partial charge on any atom is 0.266 e. The van der Waals surface area contributed by atoms with Crippen LogP contribution in [0.1, 0.15) is 12.5 Å². The lowest BCUT2D eigenvalue weighted by Gasteiger charge is -2.26. The van der Waals surface area contributed by atoms with Gasteiger partial charge in [0, 0.05) is 24.0 Å². The highest BCUT2D eigenvalue weighted by Crippen LogP contribution is 2.34. The van der Waals surface area contributed by atoms with E-state index in [-0.39, 0.29) is 4.32 Å². The van der Waals surface area contributed by atoms with Crippen molar-refractivity contribution in [3.63, 3.8) is 0 Å². The summed E-state index contributed by atoms with van der Waals surface area (Å²) in [7, 11) is 0. The minimum atomic E-state index is -1.33. The van der Waals surface area contributed by atoms with E-state index in [1.165, 1.54) is 0 Å². The van der Waals surface area contributed by atoms with E-state index in [1.807, 2.05) is 36.6 Å². The molecule has 7 heteroatoms. The third-order valence-corrected chi connectivity index (χ3v) is 5.27. The van der Waals surface area contributed by atoms with Crippen molar-refractivity contribution in [3.8, 4) is 0 Å². The summed E-state index contributed by atoms with van der Waals surface area (Å²) in [5, 5.41) is 10.7. The Hall–Kier alpha value is -2.38. The second-order valence-electron chi connectivity index (χ2n) is 5.40. The van der Waals surface area contributed by atoms with E-state index in [4.69, 9.17) is 12.2 Å². The van der Waals surface area contributed by atoms with E-state index in [0.717, 1.165) is 40.0 Å². The summed E-state index contributed by atoms with van der Waals surface area (Å²) in [4.78, 5) is 26.6. The fraction of sp³-hybridized carbons (Fsp3) is 0.167. The Labute approximate surface area is 155 Å². The SMILES string of the molecule is CCN1C=C/C(=C\C=C2\SC(=S)N(CC(=O)[O-])C2=O)c2ccccc21. The quantitative estimate of drug-likeness (QED) is 0.595. The van der Waals surface area contributed by atoms with Crippen molar-refractivity contribution in [1.82, 2.24) is 4.90 Å². The lowest BCUT2D eigenvalue weighted by molar-refractivity contribution is -0.305. The van der Waals surface area contributed by atoms with Crippen LogP contribution in [0.3, 0.4) is 0 Å². The van der Waals surface area contributed by atoms with Crippen molar-refractivity contribution in [2.45, 2.75) is 6.92 Å². The number of anilines is 1. The van der Waals surface area contributed by atoms with E-state index >= 15 is 0 Å². The minimum absolute atomic E-state index is 0.232. The molecule has 0 aliphatic carbocycles.